The number of benzene rings is 11. The van der Waals surface area contributed by atoms with Gasteiger partial charge in [0.15, 0.2) is 0 Å². The lowest BCUT2D eigenvalue weighted by Crippen LogP contribution is -2.14. The second-order valence-electron chi connectivity index (χ2n) is 29.6. The van der Waals surface area contributed by atoms with E-state index < -0.39 is 0 Å². The Morgan fingerprint density at radius 2 is 0.865 bits per heavy atom. The molecule has 0 aliphatic heterocycles. The third-order valence-electron chi connectivity index (χ3n) is 19.2. The van der Waals surface area contributed by atoms with Crippen molar-refractivity contribution < 1.29 is 4.42 Å². The molecule has 0 N–H and O–H groups in total. The highest BCUT2D eigenvalue weighted by Crippen LogP contribution is 2.54. The zero-order valence-electron chi connectivity index (χ0n) is 53.6. The van der Waals surface area contributed by atoms with E-state index in [4.69, 9.17) is 4.42 Å². The van der Waals surface area contributed by atoms with Crippen molar-refractivity contribution in [3.05, 3.63) is 222 Å². The van der Waals surface area contributed by atoms with Gasteiger partial charge in [0, 0.05) is 91.8 Å². The number of aromatic nitrogens is 1. The molecular formula is C83H75N3OS2. The van der Waals surface area contributed by atoms with E-state index in [9.17, 15) is 0 Å². The third-order valence-corrected chi connectivity index (χ3v) is 21.8. The Bertz CT molecular complexity index is 5600. The number of hydrogen-bond acceptors (Lipinski definition) is 5. The van der Waals surface area contributed by atoms with Crippen LogP contribution in [0.3, 0.4) is 0 Å². The highest BCUT2D eigenvalue weighted by Gasteiger charge is 2.30. The Balaban J connectivity index is 0.931. The van der Waals surface area contributed by atoms with E-state index in [1.807, 2.05) is 22.7 Å². The van der Waals surface area contributed by atoms with Gasteiger partial charge < -0.3 is 18.6 Å². The zero-order chi connectivity index (χ0) is 61.5. The van der Waals surface area contributed by atoms with Crippen LogP contribution < -0.4 is 9.80 Å². The van der Waals surface area contributed by atoms with Crippen LogP contribution in [0.1, 0.15) is 131 Å². The first-order valence-electron chi connectivity index (χ1n) is 31.8. The second kappa shape index (κ2) is 19.4. The summed E-state index contributed by atoms with van der Waals surface area (Å²) in [5, 5.41) is 14.8. The lowest BCUT2D eigenvalue weighted by molar-refractivity contribution is 0.590. The van der Waals surface area contributed by atoms with Crippen molar-refractivity contribution in [3.8, 4) is 0 Å². The maximum atomic E-state index is 7.11. The smallest absolute Gasteiger partial charge is 0.137 e. The monoisotopic (exact) mass is 1190 g/mol. The average molecular weight is 1190 g/mol. The average Bonchev–Trinajstić information content (AvgIpc) is 1.53. The first-order chi connectivity index (χ1) is 42.5. The van der Waals surface area contributed by atoms with Gasteiger partial charge in [-0.3, -0.25) is 0 Å². The van der Waals surface area contributed by atoms with Gasteiger partial charge in [-0.25, -0.2) is 0 Å². The largest absolute Gasteiger partial charge is 0.456 e. The minimum absolute atomic E-state index is 0.000975. The van der Waals surface area contributed by atoms with Gasteiger partial charge >= 0.3 is 0 Å². The molecule has 16 aromatic rings. The number of rotatable bonds is 7. The molecule has 0 fully saturated rings. The maximum Gasteiger partial charge on any atom is 0.137 e. The Kier molecular flexibility index (Phi) is 12.1. The molecule has 0 atom stereocenters. The SMILES string of the molecule is CC(C)c1ccc2c(c1)c1c(N(c3cccc(C(C)(C)C)c3)c3cccc4c3sc3c(C(C)(C)C)cccc34)ccc3c4ccc5cc6oc7cc(N(c8cccc(C(C)(C)C)c8)c8cccc9c8sc8c(C(C)(C)C)cccc89)ccc7c6cc5c4n2c31. The Morgan fingerprint density at radius 3 is 1.45 bits per heavy atom. The summed E-state index contributed by atoms with van der Waals surface area (Å²) >= 11 is 3.86. The summed E-state index contributed by atoms with van der Waals surface area (Å²) in [6.45, 7) is 32.5. The molecule has 89 heavy (non-hydrogen) atoms. The van der Waals surface area contributed by atoms with Crippen LogP contribution in [-0.4, -0.2) is 4.40 Å². The van der Waals surface area contributed by atoms with Crippen LogP contribution in [-0.2, 0) is 21.7 Å². The van der Waals surface area contributed by atoms with Crippen LogP contribution in [0.25, 0.3) is 111 Å². The lowest BCUT2D eigenvalue weighted by Gasteiger charge is -2.29. The van der Waals surface area contributed by atoms with Gasteiger partial charge in [0.25, 0.3) is 0 Å². The highest BCUT2D eigenvalue weighted by molar-refractivity contribution is 7.27. The molecule has 0 spiro atoms. The van der Waals surface area contributed by atoms with E-state index in [1.54, 1.807) is 0 Å². The number of furan rings is 1. The quantitative estimate of drug-likeness (QED) is 0.159. The number of nitrogens with zero attached hydrogens (tertiary/aromatic N) is 3. The van der Waals surface area contributed by atoms with Gasteiger partial charge in [0.1, 0.15) is 11.2 Å². The molecule has 6 heteroatoms. The van der Waals surface area contributed by atoms with Crippen LogP contribution in [0.5, 0.6) is 0 Å². The highest BCUT2D eigenvalue weighted by atomic mass is 32.1. The van der Waals surface area contributed by atoms with Crippen LogP contribution in [0.2, 0.25) is 0 Å². The minimum Gasteiger partial charge on any atom is -0.456 e. The van der Waals surface area contributed by atoms with Gasteiger partial charge in [-0.1, -0.05) is 206 Å². The summed E-state index contributed by atoms with van der Waals surface area (Å²) in [5.41, 5.74) is 18.9. The van der Waals surface area contributed by atoms with Crippen molar-refractivity contribution in [1.82, 2.24) is 4.40 Å². The molecule has 440 valence electrons. The molecule has 0 bridgehead atoms. The van der Waals surface area contributed by atoms with E-state index in [-0.39, 0.29) is 21.7 Å². The molecular weight excluding hydrogens is 1120 g/mol. The Labute approximate surface area is 529 Å². The summed E-state index contributed by atoms with van der Waals surface area (Å²) in [6, 6.07) is 74.4. The molecule has 16 rings (SSSR count). The Hall–Kier alpha value is -8.68. The summed E-state index contributed by atoms with van der Waals surface area (Å²) in [4.78, 5) is 5.06. The van der Waals surface area contributed by atoms with Crippen LogP contribution in [0, 0.1) is 0 Å². The number of thiophene rings is 2. The molecule has 0 radical (unpaired) electrons. The van der Waals surface area contributed by atoms with Crippen molar-refractivity contribution in [2.24, 2.45) is 0 Å². The van der Waals surface area contributed by atoms with Crippen molar-refractivity contribution >= 4 is 168 Å². The standard InChI is InChI=1S/C83H75N3OS2/c1-47(2)48-34-39-67-64(41-48)73-68(85(53-24-16-22-51(44-53)81(6,7)8)70-32-20-28-61-59-26-18-30-66(83(12,13)14)77(59)89-79(61)70)40-38-57-56-36-33-49-42-71-63(46-62(49)74(56)86(67)75(57)73)55-37-35-54(45-72(55)87-71)84(52-23-15-21-50(43-52)80(3,4)5)69-31-19-27-60-58-25-17-29-65(82(9,10)11)76(58)88-78(60)69/h15-47H,1-14H3. The fourth-order valence-electron chi connectivity index (χ4n) is 14.5. The van der Waals surface area contributed by atoms with Gasteiger partial charge in [-0.15, -0.1) is 22.7 Å². The normalized spacial score (nSPS) is 13.2. The van der Waals surface area contributed by atoms with E-state index in [0.29, 0.717) is 5.92 Å². The molecule has 4 nitrogen and oxygen atoms in total. The van der Waals surface area contributed by atoms with Crippen molar-refractivity contribution in [2.75, 3.05) is 9.80 Å². The molecule has 0 amide bonds. The second-order valence-corrected chi connectivity index (χ2v) is 31.6. The molecule has 0 saturated heterocycles. The molecule has 0 saturated carbocycles. The van der Waals surface area contributed by atoms with Gasteiger partial charge in [0.2, 0.25) is 0 Å². The van der Waals surface area contributed by atoms with Crippen molar-refractivity contribution in [3.63, 3.8) is 0 Å². The number of fused-ring (bicyclic) bond motifs is 17. The minimum atomic E-state index is -0.0564. The van der Waals surface area contributed by atoms with Gasteiger partial charge in [-0.05, 0) is 140 Å². The van der Waals surface area contributed by atoms with E-state index in [1.165, 1.54) is 123 Å². The fraction of sp³-hybridized carbons (Fsp3) is 0.229. The topological polar surface area (TPSA) is 24.0 Å². The maximum absolute atomic E-state index is 7.11. The van der Waals surface area contributed by atoms with Gasteiger partial charge in [-0.2, -0.15) is 0 Å². The lowest BCUT2D eigenvalue weighted by atomic mass is 9.86. The number of anilines is 6. The van der Waals surface area contributed by atoms with Crippen LogP contribution in [0.4, 0.5) is 34.1 Å². The predicted octanol–water partition coefficient (Wildman–Crippen LogP) is 25.9. The first kappa shape index (κ1) is 55.6. The molecule has 5 aromatic heterocycles. The van der Waals surface area contributed by atoms with E-state index in [2.05, 4.69) is 305 Å². The van der Waals surface area contributed by atoms with E-state index in [0.717, 1.165) is 50.1 Å². The fourth-order valence-corrected chi connectivity index (χ4v) is 17.6. The third kappa shape index (κ3) is 8.56. The van der Waals surface area contributed by atoms with Crippen molar-refractivity contribution in [1.29, 1.82) is 0 Å². The molecule has 0 unspecified atom stereocenters. The molecule has 5 heterocycles. The summed E-state index contributed by atoms with van der Waals surface area (Å²) in [6.07, 6.45) is 0. The summed E-state index contributed by atoms with van der Waals surface area (Å²) in [7, 11) is 0. The molecule has 0 aliphatic rings. The zero-order valence-corrected chi connectivity index (χ0v) is 55.3. The molecule has 0 aliphatic carbocycles. The van der Waals surface area contributed by atoms with Crippen LogP contribution >= 0.6 is 22.7 Å². The van der Waals surface area contributed by atoms with Crippen molar-refractivity contribution in [2.45, 2.75) is 125 Å². The summed E-state index contributed by atoms with van der Waals surface area (Å²) in [5.74, 6) is 0.347. The predicted molar refractivity (Wildman–Crippen MR) is 390 cm³/mol. The number of hydrogen-bond donors (Lipinski definition) is 0. The first-order valence-corrected chi connectivity index (χ1v) is 33.4. The van der Waals surface area contributed by atoms with Gasteiger partial charge in [0.05, 0.1) is 43.0 Å². The van der Waals surface area contributed by atoms with Crippen LogP contribution in [0.15, 0.2) is 199 Å². The molecule has 11 aromatic carbocycles. The Morgan fingerprint density at radius 1 is 0.360 bits per heavy atom. The summed E-state index contributed by atoms with van der Waals surface area (Å²) < 4.78 is 15.0. The van der Waals surface area contributed by atoms with E-state index >= 15 is 0 Å².